The minimum Gasteiger partial charge on any atom is -0.497 e. The average Bonchev–Trinajstić information content (AvgIpc) is 3.27. The monoisotopic (exact) mass is 356 g/mol. The van der Waals surface area contributed by atoms with E-state index in [4.69, 9.17) is 9.84 Å². The Bertz CT molecular complexity index is 988. The molecule has 4 rings (SSSR count). The van der Waals surface area contributed by atoms with Gasteiger partial charge < -0.3 is 14.8 Å². The van der Waals surface area contributed by atoms with Crippen LogP contribution in [0, 0.1) is 5.82 Å². The normalized spacial score (nSPS) is 19.8. The number of nitrogens with zero attached hydrogens (tertiary/aromatic N) is 1. The SMILES string of the molecule is COc1ccc(C2NNCC2c2nc3ccc(C(=O)O)cc3[nH]2)c(F)c1. The molecule has 134 valence electrons. The highest BCUT2D eigenvalue weighted by molar-refractivity contribution is 5.92. The minimum atomic E-state index is -0.995. The van der Waals surface area contributed by atoms with Gasteiger partial charge in [0.15, 0.2) is 0 Å². The molecule has 1 aliphatic heterocycles. The first-order chi connectivity index (χ1) is 12.6. The number of carboxylic acids is 1. The van der Waals surface area contributed by atoms with Gasteiger partial charge in [0.1, 0.15) is 17.4 Å². The molecule has 1 saturated heterocycles. The van der Waals surface area contributed by atoms with Crippen LogP contribution >= 0.6 is 0 Å². The molecule has 0 saturated carbocycles. The van der Waals surface area contributed by atoms with Gasteiger partial charge in [-0.25, -0.2) is 19.6 Å². The highest BCUT2D eigenvalue weighted by Gasteiger charge is 2.33. The van der Waals surface area contributed by atoms with Crippen LogP contribution in [0.1, 0.15) is 33.7 Å². The summed E-state index contributed by atoms with van der Waals surface area (Å²) >= 11 is 0. The maximum absolute atomic E-state index is 14.5. The van der Waals surface area contributed by atoms with Crippen LogP contribution in [0.5, 0.6) is 5.75 Å². The van der Waals surface area contributed by atoms with Gasteiger partial charge in [0, 0.05) is 18.2 Å². The van der Waals surface area contributed by atoms with E-state index in [1.807, 2.05) is 0 Å². The van der Waals surface area contributed by atoms with Crippen LogP contribution in [0.15, 0.2) is 36.4 Å². The van der Waals surface area contributed by atoms with Crippen LogP contribution < -0.4 is 15.6 Å². The molecule has 3 aromatic rings. The summed E-state index contributed by atoms with van der Waals surface area (Å²) in [6, 6.07) is 9.17. The molecule has 2 aromatic carbocycles. The van der Waals surface area contributed by atoms with E-state index in [1.165, 1.54) is 19.2 Å². The van der Waals surface area contributed by atoms with Crippen molar-refractivity contribution in [1.82, 2.24) is 20.8 Å². The second-order valence-electron chi connectivity index (χ2n) is 6.16. The van der Waals surface area contributed by atoms with Gasteiger partial charge in [-0.2, -0.15) is 0 Å². The topological polar surface area (TPSA) is 99.3 Å². The highest BCUT2D eigenvalue weighted by Crippen LogP contribution is 2.35. The number of benzene rings is 2. The molecule has 0 amide bonds. The molecular weight excluding hydrogens is 339 g/mol. The number of halogens is 1. The number of hydrogen-bond acceptors (Lipinski definition) is 5. The second kappa shape index (κ2) is 6.40. The summed E-state index contributed by atoms with van der Waals surface area (Å²) in [5.74, 6) is -0.372. The molecule has 2 unspecified atom stereocenters. The smallest absolute Gasteiger partial charge is 0.335 e. The molecule has 2 heterocycles. The fraction of sp³-hybridized carbons (Fsp3) is 0.222. The van der Waals surface area contributed by atoms with Crippen molar-refractivity contribution >= 4 is 17.0 Å². The summed E-state index contributed by atoms with van der Waals surface area (Å²) < 4.78 is 19.5. The van der Waals surface area contributed by atoms with Gasteiger partial charge in [-0.1, -0.05) is 6.07 Å². The van der Waals surface area contributed by atoms with Crippen molar-refractivity contribution in [2.75, 3.05) is 13.7 Å². The Morgan fingerprint density at radius 3 is 2.88 bits per heavy atom. The first-order valence-corrected chi connectivity index (χ1v) is 8.11. The van der Waals surface area contributed by atoms with Crippen molar-refractivity contribution in [2.45, 2.75) is 12.0 Å². The number of rotatable bonds is 4. The van der Waals surface area contributed by atoms with Crippen LogP contribution in [-0.2, 0) is 0 Å². The summed E-state index contributed by atoms with van der Waals surface area (Å²) in [7, 11) is 1.49. The van der Waals surface area contributed by atoms with E-state index in [-0.39, 0.29) is 23.3 Å². The van der Waals surface area contributed by atoms with Gasteiger partial charge in [-0.05, 0) is 24.3 Å². The summed E-state index contributed by atoms with van der Waals surface area (Å²) in [5, 5.41) is 9.12. The molecule has 1 aliphatic rings. The number of nitrogens with one attached hydrogen (secondary N) is 3. The van der Waals surface area contributed by atoms with Crippen molar-refractivity contribution in [1.29, 1.82) is 0 Å². The van der Waals surface area contributed by atoms with Crippen molar-refractivity contribution in [3.63, 3.8) is 0 Å². The fourth-order valence-electron chi connectivity index (χ4n) is 3.27. The van der Waals surface area contributed by atoms with Gasteiger partial charge >= 0.3 is 5.97 Å². The van der Waals surface area contributed by atoms with Gasteiger partial charge in [0.25, 0.3) is 0 Å². The number of carbonyl (C=O) groups is 1. The van der Waals surface area contributed by atoms with Crippen molar-refractivity contribution in [3.05, 3.63) is 59.2 Å². The van der Waals surface area contributed by atoms with Gasteiger partial charge in [-0.3, -0.25) is 5.43 Å². The number of hydrogen-bond donors (Lipinski definition) is 4. The van der Waals surface area contributed by atoms with Crippen LogP contribution in [0.3, 0.4) is 0 Å². The summed E-state index contributed by atoms with van der Waals surface area (Å²) in [5.41, 5.74) is 8.14. The maximum Gasteiger partial charge on any atom is 0.335 e. The Labute approximate surface area is 148 Å². The molecule has 0 aliphatic carbocycles. The fourth-order valence-corrected chi connectivity index (χ4v) is 3.27. The molecule has 0 spiro atoms. The summed E-state index contributed by atoms with van der Waals surface area (Å²) in [4.78, 5) is 18.9. The number of aromatic nitrogens is 2. The lowest BCUT2D eigenvalue weighted by atomic mass is 9.94. The Hall–Kier alpha value is -2.97. The van der Waals surface area contributed by atoms with E-state index >= 15 is 0 Å². The third-order valence-corrected chi connectivity index (χ3v) is 4.62. The molecule has 8 heteroatoms. The predicted molar refractivity (Wildman–Crippen MR) is 92.6 cm³/mol. The van der Waals surface area contributed by atoms with Crippen molar-refractivity contribution in [2.24, 2.45) is 0 Å². The van der Waals surface area contributed by atoms with Gasteiger partial charge in [-0.15, -0.1) is 0 Å². The molecule has 2 atom stereocenters. The van der Waals surface area contributed by atoms with Crippen LogP contribution in [0.25, 0.3) is 11.0 Å². The second-order valence-corrected chi connectivity index (χ2v) is 6.16. The van der Waals surface area contributed by atoms with Gasteiger partial charge in [0.05, 0.1) is 35.7 Å². The largest absolute Gasteiger partial charge is 0.497 e. The Morgan fingerprint density at radius 1 is 1.31 bits per heavy atom. The van der Waals surface area contributed by atoms with Gasteiger partial charge in [0.2, 0.25) is 0 Å². The Morgan fingerprint density at radius 2 is 2.15 bits per heavy atom. The van der Waals surface area contributed by atoms with E-state index < -0.39 is 5.97 Å². The molecule has 26 heavy (non-hydrogen) atoms. The van der Waals surface area contributed by atoms with E-state index in [1.54, 1.807) is 24.3 Å². The molecule has 1 fully saturated rings. The quantitative estimate of drug-likeness (QED) is 0.573. The Balaban J connectivity index is 1.70. The summed E-state index contributed by atoms with van der Waals surface area (Å²) in [6.07, 6.45) is 0. The average molecular weight is 356 g/mol. The zero-order chi connectivity index (χ0) is 18.3. The first kappa shape index (κ1) is 16.5. The number of aromatic carboxylic acids is 1. The van der Waals surface area contributed by atoms with Crippen LogP contribution in [0.2, 0.25) is 0 Å². The number of H-pyrrole nitrogens is 1. The number of hydrazine groups is 1. The number of imidazole rings is 1. The number of aromatic amines is 1. The van der Waals surface area contributed by atoms with E-state index in [2.05, 4.69) is 20.8 Å². The number of methoxy groups -OCH3 is 1. The maximum atomic E-state index is 14.5. The number of ether oxygens (including phenoxy) is 1. The predicted octanol–water partition coefficient (Wildman–Crippen LogP) is 2.34. The third kappa shape index (κ3) is 2.79. The number of carboxylic acid groups (broad SMARTS) is 1. The standard InChI is InChI=1S/C18H17FN4O3/c1-26-10-3-4-11(13(19)7-10)16-12(8-20-23-16)17-21-14-5-2-9(18(24)25)6-15(14)22-17/h2-7,12,16,20,23H,8H2,1H3,(H,21,22)(H,24,25). The molecule has 0 radical (unpaired) electrons. The number of fused-ring (bicyclic) bond motifs is 1. The van der Waals surface area contributed by atoms with Crippen LogP contribution in [0.4, 0.5) is 4.39 Å². The van der Waals surface area contributed by atoms with Crippen molar-refractivity contribution in [3.8, 4) is 5.75 Å². The first-order valence-electron chi connectivity index (χ1n) is 8.11. The molecule has 4 N–H and O–H groups in total. The van der Waals surface area contributed by atoms with E-state index in [0.29, 0.717) is 34.7 Å². The lowest BCUT2D eigenvalue weighted by Gasteiger charge is -2.18. The molecule has 0 bridgehead atoms. The lowest BCUT2D eigenvalue weighted by Crippen LogP contribution is -2.25. The van der Waals surface area contributed by atoms with Crippen LogP contribution in [-0.4, -0.2) is 34.7 Å². The van der Waals surface area contributed by atoms with Crippen molar-refractivity contribution < 1.29 is 19.0 Å². The zero-order valence-corrected chi connectivity index (χ0v) is 13.9. The molecule has 7 nitrogen and oxygen atoms in total. The summed E-state index contributed by atoms with van der Waals surface area (Å²) in [6.45, 7) is 0.557. The minimum absolute atomic E-state index is 0.140. The Kier molecular flexibility index (Phi) is 4.06. The molecular formula is C18H17FN4O3. The molecule has 1 aromatic heterocycles. The van der Waals surface area contributed by atoms with E-state index in [0.717, 1.165) is 0 Å². The lowest BCUT2D eigenvalue weighted by molar-refractivity contribution is 0.0697. The highest BCUT2D eigenvalue weighted by atomic mass is 19.1. The zero-order valence-electron chi connectivity index (χ0n) is 13.9. The van der Waals surface area contributed by atoms with E-state index in [9.17, 15) is 9.18 Å². The third-order valence-electron chi connectivity index (χ3n) is 4.62.